The number of carbonyl (C=O) groups is 2. The number of H-pyrrole nitrogens is 2. The molecule has 3 aliphatic heterocycles. The molecule has 9 rings (SSSR count). The lowest BCUT2D eigenvalue weighted by Crippen LogP contribution is -2.54. The number of amides is 2. The monoisotopic (exact) mass is 647 g/mol. The number of likely N-dealkylation sites (tertiary alicyclic amines) is 1. The van der Waals surface area contributed by atoms with Crippen molar-refractivity contribution in [3.63, 3.8) is 0 Å². The topological polar surface area (TPSA) is 137 Å². The minimum Gasteiger partial charge on any atom is -0.453 e. The highest BCUT2D eigenvalue weighted by Gasteiger charge is 2.56. The van der Waals surface area contributed by atoms with Crippen molar-refractivity contribution in [2.75, 3.05) is 20.3 Å². The third-order valence-corrected chi connectivity index (χ3v) is 11.3. The summed E-state index contributed by atoms with van der Waals surface area (Å²) in [5, 5.41) is 6.52. The zero-order valence-electron chi connectivity index (χ0n) is 27.0. The third kappa shape index (κ3) is 5.48. The minimum absolute atomic E-state index is 0.00792. The number of hydrogen-bond acceptors (Lipinski definition) is 7. The highest BCUT2D eigenvalue weighted by atomic mass is 16.5. The number of methoxy groups -OCH3 is 1. The summed E-state index contributed by atoms with van der Waals surface area (Å²) in [4.78, 5) is 44.8. The molecule has 2 amide bonds. The Morgan fingerprint density at radius 3 is 2.08 bits per heavy atom. The van der Waals surface area contributed by atoms with E-state index in [1.165, 1.54) is 20.0 Å². The molecule has 248 valence electrons. The van der Waals surface area contributed by atoms with Gasteiger partial charge in [-0.1, -0.05) is 48.5 Å². The summed E-state index contributed by atoms with van der Waals surface area (Å²) in [5.41, 5.74) is 6.40. The molecular formula is C37H41N7O4. The van der Waals surface area contributed by atoms with E-state index in [9.17, 15) is 9.59 Å². The molecule has 5 fully saturated rings. The van der Waals surface area contributed by atoms with Crippen molar-refractivity contribution in [3.8, 4) is 33.6 Å². The van der Waals surface area contributed by atoms with E-state index in [0.717, 1.165) is 76.9 Å². The normalized spacial score (nSPS) is 28.1. The van der Waals surface area contributed by atoms with E-state index < -0.39 is 12.1 Å². The molecule has 11 heteroatoms. The second-order valence-electron chi connectivity index (χ2n) is 14.2. The third-order valence-electron chi connectivity index (χ3n) is 11.3. The SMILES string of the molecule is COC(=O)N[C@H](C(=O)N1[C@@H]2C[C@@H]2C[C@H]1c1ncc(-c2ccc(-c3ccc(-c4cnc([C@@H]5C[C@H]6C[C@H]6N5)[nH]4)cc3)cc2)[nH]1)C1CCOCC1. The summed E-state index contributed by atoms with van der Waals surface area (Å²) < 4.78 is 10.4. The molecule has 0 spiro atoms. The van der Waals surface area contributed by atoms with Crippen LogP contribution in [0.25, 0.3) is 33.6 Å². The Bertz CT molecular complexity index is 1800. The van der Waals surface area contributed by atoms with Crippen LogP contribution in [-0.2, 0) is 14.3 Å². The first-order valence-electron chi connectivity index (χ1n) is 17.3. The first kappa shape index (κ1) is 29.6. The van der Waals surface area contributed by atoms with Gasteiger partial charge in [0.25, 0.3) is 0 Å². The molecular weight excluding hydrogens is 606 g/mol. The predicted octanol–water partition coefficient (Wildman–Crippen LogP) is 5.37. The fourth-order valence-corrected chi connectivity index (χ4v) is 8.32. The molecule has 48 heavy (non-hydrogen) atoms. The average Bonchev–Trinajstić information content (AvgIpc) is 3.69. The van der Waals surface area contributed by atoms with Crippen LogP contribution in [0.3, 0.4) is 0 Å². The number of hydrogen-bond donors (Lipinski definition) is 4. The summed E-state index contributed by atoms with van der Waals surface area (Å²) in [7, 11) is 1.33. The lowest BCUT2D eigenvalue weighted by Gasteiger charge is -2.35. The van der Waals surface area contributed by atoms with Crippen molar-refractivity contribution in [2.24, 2.45) is 17.8 Å². The minimum atomic E-state index is -0.643. The zero-order chi connectivity index (χ0) is 32.4. The molecule has 4 aromatic rings. The van der Waals surface area contributed by atoms with Crippen LogP contribution in [0.15, 0.2) is 60.9 Å². The molecule has 0 unspecified atom stereocenters. The van der Waals surface area contributed by atoms with Gasteiger partial charge in [-0.15, -0.1) is 0 Å². The van der Waals surface area contributed by atoms with E-state index >= 15 is 0 Å². The van der Waals surface area contributed by atoms with Gasteiger partial charge in [0.15, 0.2) is 0 Å². The van der Waals surface area contributed by atoms with Crippen LogP contribution < -0.4 is 10.6 Å². The Labute approximate surface area is 279 Å². The number of piperidine rings is 2. The molecule has 5 aliphatic rings. The van der Waals surface area contributed by atoms with Gasteiger partial charge in [-0.3, -0.25) is 4.79 Å². The molecule has 11 nitrogen and oxygen atoms in total. The van der Waals surface area contributed by atoms with Gasteiger partial charge >= 0.3 is 6.09 Å². The first-order chi connectivity index (χ1) is 23.5. The quantitative estimate of drug-likeness (QED) is 0.202. The number of nitrogens with one attached hydrogen (secondary N) is 4. The van der Waals surface area contributed by atoms with E-state index in [1.807, 2.05) is 17.3 Å². The second kappa shape index (κ2) is 11.9. The highest BCUT2D eigenvalue weighted by Crippen LogP contribution is 2.53. The Morgan fingerprint density at radius 2 is 1.46 bits per heavy atom. The average molecular weight is 648 g/mol. The van der Waals surface area contributed by atoms with Crippen molar-refractivity contribution in [3.05, 3.63) is 72.6 Å². The van der Waals surface area contributed by atoms with Crippen LogP contribution in [0.1, 0.15) is 62.3 Å². The van der Waals surface area contributed by atoms with Gasteiger partial charge < -0.3 is 35.0 Å². The van der Waals surface area contributed by atoms with Crippen LogP contribution in [0.2, 0.25) is 0 Å². The van der Waals surface area contributed by atoms with Crippen molar-refractivity contribution in [1.29, 1.82) is 0 Å². The number of imidazole rings is 2. The van der Waals surface area contributed by atoms with Crippen LogP contribution in [0.4, 0.5) is 4.79 Å². The number of ether oxygens (including phenoxy) is 2. The number of nitrogens with zero attached hydrogens (tertiary/aromatic N) is 3. The van der Waals surface area contributed by atoms with Crippen molar-refractivity contribution in [2.45, 2.75) is 68.7 Å². The fourth-order valence-electron chi connectivity index (χ4n) is 8.32. The smallest absolute Gasteiger partial charge is 0.407 e. The van der Waals surface area contributed by atoms with Gasteiger partial charge in [0, 0.05) is 25.3 Å². The van der Waals surface area contributed by atoms with Crippen molar-refractivity contribution in [1.82, 2.24) is 35.5 Å². The Kier molecular flexibility index (Phi) is 7.34. The van der Waals surface area contributed by atoms with E-state index in [0.29, 0.717) is 31.2 Å². The second-order valence-corrected chi connectivity index (χ2v) is 14.2. The number of rotatable bonds is 8. The molecule has 0 bridgehead atoms. The van der Waals surface area contributed by atoms with E-state index in [4.69, 9.17) is 14.5 Å². The van der Waals surface area contributed by atoms with Crippen LogP contribution in [-0.4, -0.2) is 75.3 Å². The lowest BCUT2D eigenvalue weighted by molar-refractivity contribution is -0.138. The molecule has 7 atom stereocenters. The van der Waals surface area contributed by atoms with Crippen LogP contribution in [0.5, 0.6) is 0 Å². The van der Waals surface area contributed by atoms with E-state index in [2.05, 4.69) is 74.1 Å². The van der Waals surface area contributed by atoms with Crippen molar-refractivity contribution < 1.29 is 19.1 Å². The maximum Gasteiger partial charge on any atom is 0.407 e. The summed E-state index contributed by atoms with van der Waals surface area (Å²) >= 11 is 0. The molecule has 2 aromatic carbocycles. The summed E-state index contributed by atoms with van der Waals surface area (Å²) in [5.74, 6) is 3.09. The molecule has 5 heterocycles. The molecule has 2 saturated carbocycles. The largest absolute Gasteiger partial charge is 0.453 e. The summed E-state index contributed by atoms with van der Waals surface area (Å²) in [6, 6.07) is 17.5. The number of carbonyl (C=O) groups excluding carboxylic acids is 2. The fraction of sp³-hybridized carbons (Fsp3) is 0.459. The van der Waals surface area contributed by atoms with Gasteiger partial charge in [0.05, 0.1) is 43.0 Å². The maximum absolute atomic E-state index is 14.1. The van der Waals surface area contributed by atoms with Gasteiger partial charge in [0.1, 0.15) is 17.7 Å². The van der Waals surface area contributed by atoms with Gasteiger partial charge in [0.2, 0.25) is 5.91 Å². The zero-order valence-corrected chi connectivity index (χ0v) is 27.0. The van der Waals surface area contributed by atoms with E-state index in [-0.39, 0.29) is 23.9 Å². The molecule has 2 aromatic heterocycles. The first-order valence-corrected chi connectivity index (χ1v) is 17.3. The van der Waals surface area contributed by atoms with Crippen LogP contribution in [0, 0.1) is 17.8 Å². The van der Waals surface area contributed by atoms with E-state index in [1.54, 1.807) is 0 Å². The number of aromatic nitrogens is 4. The standard InChI is InChI=1S/C37H41N7O4/c1-47-37(46)43-33(24-10-12-48-13-11-24)36(45)44-31-16-26(31)17-32(44)35-39-19-30(42-35)23-8-4-21(5-9-23)20-2-6-22(7-3-20)29-18-38-34(41-29)28-15-25-14-27(25)40-28/h2-9,18-19,24-28,31-33,40H,10-17H2,1H3,(H,38,41)(H,39,42)(H,43,46)/t25-,26-,27-,28+,31-,32+,33+/m1/s1. The van der Waals surface area contributed by atoms with Crippen molar-refractivity contribution >= 4 is 12.0 Å². The molecule has 0 radical (unpaired) electrons. The number of alkyl carbamates (subject to hydrolysis) is 1. The molecule has 4 N–H and O–H groups in total. The van der Waals surface area contributed by atoms with Crippen LogP contribution >= 0.6 is 0 Å². The van der Waals surface area contributed by atoms with Gasteiger partial charge in [-0.25, -0.2) is 14.8 Å². The highest BCUT2D eigenvalue weighted by molar-refractivity contribution is 5.87. The Hall–Kier alpha value is -4.48. The van der Waals surface area contributed by atoms with Gasteiger partial charge in [-0.2, -0.15) is 0 Å². The van der Waals surface area contributed by atoms with Gasteiger partial charge in [-0.05, 0) is 78.5 Å². The lowest BCUT2D eigenvalue weighted by atomic mass is 9.90. The Morgan fingerprint density at radius 1 is 0.833 bits per heavy atom. The Balaban J connectivity index is 0.885. The molecule has 2 aliphatic carbocycles. The molecule has 3 saturated heterocycles. The number of benzene rings is 2. The summed E-state index contributed by atoms with van der Waals surface area (Å²) in [6.45, 7) is 1.17. The number of aromatic amines is 2. The maximum atomic E-state index is 14.1. The predicted molar refractivity (Wildman–Crippen MR) is 178 cm³/mol. The summed E-state index contributed by atoms with van der Waals surface area (Å²) in [6.07, 6.45) is 9.03. The number of fused-ring (bicyclic) bond motifs is 2.